The van der Waals surface area contributed by atoms with Crippen LogP contribution in [-0.2, 0) is 9.59 Å². The quantitative estimate of drug-likeness (QED) is 0.651. The molecule has 2 amide bonds. The van der Waals surface area contributed by atoms with Crippen LogP contribution in [0, 0.1) is 0 Å². The van der Waals surface area contributed by atoms with E-state index in [0.717, 1.165) is 5.56 Å². The Hall–Kier alpha value is -3.71. The molecule has 1 aliphatic rings. The third-order valence-electron chi connectivity index (χ3n) is 4.74. The summed E-state index contributed by atoms with van der Waals surface area (Å²) < 4.78 is 5.27. The summed E-state index contributed by atoms with van der Waals surface area (Å²) in [6.07, 6.45) is 1.58. The van der Waals surface area contributed by atoms with Crippen LogP contribution < -0.4 is 15.0 Å². The Morgan fingerprint density at radius 3 is 2.81 bits per heavy atom. The van der Waals surface area contributed by atoms with Gasteiger partial charge in [-0.15, -0.1) is 0 Å². The van der Waals surface area contributed by atoms with Gasteiger partial charge in [-0.3, -0.25) is 14.5 Å². The van der Waals surface area contributed by atoms with Gasteiger partial charge in [0, 0.05) is 11.2 Å². The summed E-state index contributed by atoms with van der Waals surface area (Å²) in [5.41, 5.74) is 2.34. The number of aliphatic imine (C=N–C) groups is 1. The van der Waals surface area contributed by atoms with E-state index in [1.54, 1.807) is 54.7 Å². The van der Waals surface area contributed by atoms with Gasteiger partial charge in [0.2, 0.25) is 11.8 Å². The number of halogens is 1. The normalized spacial score (nSPS) is 13.2. The van der Waals surface area contributed by atoms with Crippen LogP contribution in [0.5, 0.6) is 5.75 Å². The fourth-order valence-corrected chi connectivity index (χ4v) is 3.49. The average Bonchev–Trinajstić information content (AvgIpc) is 2.91. The standard InChI is InChI=1S/C23H19ClN4O3/c1-31-20-10-3-2-8-17(20)27-21(29)14-28-22(30)13-19(15-6-4-7-16(24)12-15)26-18-9-5-11-25-23(18)28/h2-12H,13-14H2,1H3,(H,27,29). The molecule has 0 spiro atoms. The maximum absolute atomic E-state index is 13.1. The van der Waals surface area contributed by atoms with Gasteiger partial charge in [-0.05, 0) is 42.0 Å². The number of carbonyl (C=O) groups is 2. The fourth-order valence-electron chi connectivity index (χ4n) is 3.30. The lowest BCUT2D eigenvalue weighted by Crippen LogP contribution is -2.39. The molecule has 1 aromatic heterocycles. The lowest BCUT2D eigenvalue weighted by Gasteiger charge is -2.21. The first-order chi connectivity index (χ1) is 15.0. The molecule has 156 valence electrons. The molecule has 0 bridgehead atoms. The van der Waals surface area contributed by atoms with Crippen LogP contribution in [0.25, 0.3) is 0 Å². The van der Waals surface area contributed by atoms with Crippen molar-refractivity contribution in [1.82, 2.24) is 4.98 Å². The molecule has 2 heterocycles. The lowest BCUT2D eigenvalue weighted by atomic mass is 10.1. The Balaban J connectivity index is 1.62. The zero-order chi connectivity index (χ0) is 21.8. The molecule has 2 aromatic carbocycles. The van der Waals surface area contributed by atoms with Gasteiger partial charge in [-0.2, -0.15) is 0 Å². The number of aromatic nitrogens is 1. The van der Waals surface area contributed by atoms with Crippen LogP contribution in [-0.4, -0.2) is 36.2 Å². The molecule has 8 heteroatoms. The van der Waals surface area contributed by atoms with Crippen LogP contribution in [0.3, 0.4) is 0 Å². The van der Waals surface area contributed by atoms with Gasteiger partial charge in [0.25, 0.3) is 0 Å². The number of amides is 2. The van der Waals surface area contributed by atoms with Gasteiger partial charge >= 0.3 is 0 Å². The SMILES string of the molecule is COc1ccccc1NC(=O)CN1C(=O)CC(c2cccc(Cl)c2)=Nc2cccnc21. The van der Waals surface area contributed by atoms with Crippen molar-refractivity contribution in [3.63, 3.8) is 0 Å². The Labute approximate surface area is 184 Å². The molecule has 0 saturated carbocycles. The van der Waals surface area contributed by atoms with Crippen molar-refractivity contribution in [1.29, 1.82) is 0 Å². The Bertz CT molecular complexity index is 1180. The lowest BCUT2D eigenvalue weighted by molar-refractivity contribution is -0.120. The van der Waals surface area contributed by atoms with E-state index in [0.29, 0.717) is 33.7 Å². The molecular weight excluding hydrogens is 416 g/mol. The van der Waals surface area contributed by atoms with Crippen molar-refractivity contribution in [3.05, 3.63) is 77.4 Å². The van der Waals surface area contributed by atoms with Crippen molar-refractivity contribution in [2.24, 2.45) is 4.99 Å². The maximum Gasteiger partial charge on any atom is 0.244 e. The molecular formula is C23H19ClN4O3. The molecule has 0 unspecified atom stereocenters. The molecule has 0 atom stereocenters. The minimum absolute atomic E-state index is 0.0125. The minimum atomic E-state index is -0.374. The van der Waals surface area contributed by atoms with E-state index < -0.39 is 0 Å². The van der Waals surface area contributed by atoms with E-state index in [1.165, 1.54) is 12.0 Å². The fraction of sp³-hybridized carbons (Fsp3) is 0.130. The second-order valence-electron chi connectivity index (χ2n) is 6.82. The van der Waals surface area contributed by atoms with Gasteiger partial charge in [-0.25, -0.2) is 9.98 Å². The summed E-state index contributed by atoms with van der Waals surface area (Å²) in [5, 5.41) is 3.34. The third kappa shape index (κ3) is 4.57. The number of rotatable bonds is 5. The number of hydrogen-bond donors (Lipinski definition) is 1. The summed E-state index contributed by atoms with van der Waals surface area (Å²) in [5.74, 6) is 0.204. The number of anilines is 2. The number of hydrogen-bond acceptors (Lipinski definition) is 5. The van der Waals surface area contributed by atoms with Crippen molar-refractivity contribution >= 4 is 46.3 Å². The predicted molar refractivity (Wildman–Crippen MR) is 120 cm³/mol. The van der Waals surface area contributed by atoms with E-state index in [9.17, 15) is 9.59 Å². The largest absolute Gasteiger partial charge is 0.495 e. The molecule has 1 N–H and O–H groups in total. The van der Waals surface area contributed by atoms with Crippen LogP contribution >= 0.6 is 11.6 Å². The second-order valence-corrected chi connectivity index (χ2v) is 7.26. The Kier molecular flexibility index (Phi) is 5.95. The highest BCUT2D eigenvalue weighted by Crippen LogP contribution is 2.31. The highest BCUT2D eigenvalue weighted by Gasteiger charge is 2.28. The summed E-state index contributed by atoms with van der Waals surface area (Å²) in [7, 11) is 1.53. The van der Waals surface area contributed by atoms with Crippen molar-refractivity contribution in [2.45, 2.75) is 6.42 Å². The highest BCUT2D eigenvalue weighted by atomic mass is 35.5. The monoisotopic (exact) mass is 434 g/mol. The van der Waals surface area contributed by atoms with E-state index in [4.69, 9.17) is 16.3 Å². The van der Waals surface area contributed by atoms with E-state index in [-0.39, 0.29) is 24.8 Å². The summed E-state index contributed by atoms with van der Waals surface area (Å²) in [6.45, 7) is -0.209. The number of benzene rings is 2. The van der Waals surface area contributed by atoms with Crippen LogP contribution in [0.4, 0.5) is 17.2 Å². The average molecular weight is 435 g/mol. The third-order valence-corrected chi connectivity index (χ3v) is 4.97. The molecule has 0 saturated heterocycles. The van der Waals surface area contributed by atoms with E-state index >= 15 is 0 Å². The number of nitrogens with zero attached hydrogens (tertiary/aromatic N) is 3. The molecule has 31 heavy (non-hydrogen) atoms. The minimum Gasteiger partial charge on any atom is -0.495 e. The first-order valence-corrected chi connectivity index (χ1v) is 9.94. The number of ether oxygens (including phenoxy) is 1. The summed E-state index contributed by atoms with van der Waals surface area (Å²) in [6, 6.07) is 17.7. The van der Waals surface area contributed by atoms with Crippen LogP contribution in [0.1, 0.15) is 12.0 Å². The number of pyridine rings is 1. The van der Waals surface area contributed by atoms with Crippen molar-refractivity contribution < 1.29 is 14.3 Å². The Morgan fingerprint density at radius 2 is 2.00 bits per heavy atom. The number of carbonyl (C=O) groups excluding carboxylic acids is 2. The van der Waals surface area contributed by atoms with Gasteiger partial charge < -0.3 is 10.1 Å². The highest BCUT2D eigenvalue weighted by molar-refractivity contribution is 6.31. The van der Waals surface area contributed by atoms with Gasteiger partial charge in [0.05, 0.1) is 24.9 Å². The van der Waals surface area contributed by atoms with Crippen LogP contribution in [0.15, 0.2) is 71.9 Å². The smallest absolute Gasteiger partial charge is 0.244 e. The van der Waals surface area contributed by atoms with E-state index in [2.05, 4.69) is 15.3 Å². The first-order valence-electron chi connectivity index (χ1n) is 9.57. The zero-order valence-corrected chi connectivity index (χ0v) is 17.5. The molecule has 0 radical (unpaired) electrons. The van der Waals surface area contributed by atoms with Gasteiger partial charge in [0.1, 0.15) is 18.0 Å². The zero-order valence-electron chi connectivity index (χ0n) is 16.7. The first kappa shape index (κ1) is 20.6. The number of nitrogens with one attached hydrogen (secondary N) is 1. The topological polar surface area (TPSA) is 83.9 Å². The Morgan fingerprint density at radius 1 is 1.16 bits per heavy atom. The van der Waals surface area contributed by atoms with E-state index in [1.807, 2.05) is 12.1 Å². The molecule has 0 aliphatic carbocycles. The predicted octanol–water partition coefficient (Wildman–Crippen LogP) is 4.24. The van der Waals surface area contributed by atoms with Gasteiger partial charge in [-0.1, -0.05) is 35.9 Å². The van der Waals surface area contributed by atoms with Crippen molar-refractivity contribution in [3.8, 4) is 5.75 Å². The maximum atomic E-state index is 13.1. The molecule has 0 fully saturated rings. The van der Waals surface area contributed by atoms with Gasteiger partial charge in [0.15, 0.2) is 5.82 Å². The molecule has 3 aromatic rings. The number of fused-ring (bicyclic) bond motifs is 1. The van der Waals surface area contributed by atoms with Crippen LogP contribution in [0.2, 0.25) is 5.02 Å². The molecule has 7 nitrogen and oxygen atoms in total. The number of para-hydroxylation sites is 2. The summed E-state index contributed by atoms with van der Waals surface area (Å²) >= 11 is 6.11. The molecule has 4 rings (SSSR count). The summed E-state index contributed by atoms with van der Waals surface area (Å²) in [4.78, 5) is 36.2. The number of methoxy groups -OCH3 is 1. The van der Waals surface area contributed by atoms with Crippen molar-refractivity contribution in [2.75, 3.05) is 23.9 Å². The molecule has 1 aliphatic heterocycles. The second kappa shape index (κ2) is 8.97.